The van der Waals surface area contributed by atoms with E-state index in [9.17, 15) is 14.7 Å². The van der Waals surface area contributed by atoms with E-state index in [1.165, 1.54) is 51.4 Å². The van der Waals surface area contributed by atoms with Crippen LogP contribution in [0, 0.1) is 0 Å². The van der Waals surface area contributed by atoms with Gasteiger partial charge in [-0.15, -0.1) is 0 Å². The summed E-state index contributed by atoms with van der Waals surface area (Å²) in [5.74, 6) is -0.554. The number of rotatable bonds is 29. The number of carbonyl (C=O) groups excluding carboxylic acids is 1. The average molecular weight is 586 g/mol. The van der Waals surface area contributed by atoms with Gasteiger partial charge in [-0.05, 0) is 24.2 Å². The first-order valence-electron chi connectivity index (χ1n) is 14.7. The third kappa shape index (κ3) is 23.1. The van der Waals surface area contributed by atoms with Crippen LogP contribution in [0.5, 0.6) is 0 Å². The molecule has 0 radical (unpaired) electrons. The summed E-state index contributed by atoms with van der Waals surface area (Å²) in [6, 6.07) is 8.14. The molecule has 9 nitrogen and oxygen atoms in total. The number of hydrogen-bond donors (Lipinski definition) is 3. The van der Waals surface area contributed by atoms with Crippen LogP contribution in [0.4, 0.5) is 0 Å². The summed E-state index contributed by atoms with van der Waals surface area (Å²) in [5, 5.41) is 11.8. The topological polar surface area (TPSA) is 113 Å². The minimum atomic E-state index is -1.09. The molecule has 1 rings (SSSR count). The Morgan fingerprint density at radius 1 is 0.650 bits per heavy atom. The molecule has 1 atom stereocenters. The lowest BCUT2D eigenvalue weighted by Gasteiger charge is -2.14. The molecule has 40 heavy (non-hydrogen) atoms. The van der Waals surface area contributed by atoms with Crippen LogP contribution in [0.25, 0.3) is 0 Å². The van der Waals surface area contributed by atoms with E-state index in [1.54, 1.807) is 0 Å². The van der Waals surface area contributed by atoms with Gasteiger partial charge in [-0.3, -0.25) is 4.79 Å². The zero-order valence-corrected chi connectivity index (χ0v) is 25.0. The molecule has 10 heteroatoms. The number of carbonyl (C=O) groups is 2. The summed E-state index contributed by atoms with van der Waals surface area (Å²) in [5.41, 5.74) is 0.834. The second kappa shape index (κ2) is 27.5. The number of amides is 1. The Balaban J connectivity index is 1.79. The lowest BCUT2D eigenvalue weighted by atomic mass is 10.1. The number of hydrogen-bond acceptors (Lipinski definition) is 8. The quantitative estimate of drug-likeness (QED) is 0.0942. The molecule has 1 aromatic carbocycles. The maximum Gasteiger partial charge on any atom is 0.326 e. The fourth-order valence-corrected chi connectivity index (χ4v) is 4.11. The van der Waals surface area contributed by atoms with Gasteiger partial charge in [0.25, 0.3) is 0 Å². The molecule has 0 spiro atoms. The number of nitrogens with one attached hydrogen (secondary N) is 1. The van der Waals surface area contributed by atoms with Crippen molar-refractivity contribution < 1.29 is 38.4 Å². The number of ether oxygens (including phenoxy) is 5. The second-order valence-corrected chi connectivity index (χ2v) is 10.0. The van der Waals surface area contributed by atoms with E-state index in [0.717, 1.165) is 24.3 Å². The summed E-state index contributed by atoms with van der Waals surface area (Å²) in [6.07, 6.45) is 11.8. The Labute approximate surface area is 246 Å². The smallest absolute Gasteiger partial charge is 0.326 e. The lowest BCUT2D eigenvalue weighted by Crippen LogP contribution is -2.44. The molecule has 0 aliphatic carbocycles. The molecule has 0 heterocycles. The molecule has 0 fully saturated rings. The van der Waals surface area contributed by atoms with E-state index in [0.29, 0.717) is 46.2 Å². The molecule has 0 bridgehead atoms. The summed E-state index contributed by atoms with van der Waals surface area (Å²) in [4.78, 5) is 23.4. The number of unbranched alkanes of at least 4 members (excludes halogenated alkanes) is 8. The van der Waals surface area contributed by atoms with E-state index < -0.39 is 17.9 Å². The van der Waals surface area contributed by atoms with Crippen molar-refractivity contribution in [3.63, 3.8) is 0 Å². The SMILES string of the molecule is O=C(COCCOCCOCCOCCOCCCCCCCCCCCS)NC(Cc1ccccc1)C(=O)O. The molecule has 1 unspecified atom stereocenters. The predicted molar refractivity (Wildman–Crippen MR) is 159 cm³/mol. The molecule has 0 saturated carbocycles. The van der Waals surface area contributed by atoms with Gasteiger partial charge in [-0.25, -0.2) is 4.79 Å². The third-order valence-corrected chi connectivity index (χ3v) is 6.40. The van der Waals surface area contributed by atoms with Crippen molar-refractivity contribution >= 4 is 24.5 Å². The normalized spacial score (nSPS) is 11.9. The fourth-order valence-electron chi connectivity index (χ4n) is 3.88. The summed E-state index contributed by atoms with van der Waals surface area (Å²) >= 11 is 4.24. The van der Waals surface area contributed by atoms with Gasteiger partial charge in [-0.2, -0.15) is 12.6 Å². The van der Waals surface area contributed by atoms with Crippen molar-refractivity contribution in [1.29, 1.82) is 0 Å². The summed E-state index contributed by atoms with van der Waals surface area (Å²) in [7, 11) is 0. The largest absolute Gasteiger partial charge is 0.480 e. The van der Waals surface area contributed by atoms with Crippen molar-refractivity contribution in [2.75, 3.05) is 71.8 Å². The number of benzene rings is 1. The molecule has 2 N–H and O–H groups in total. The summed E-state index contributed by atoms with van der Waals surface area (Å²) < 4.78 is 27.2. The van der Waals surface area contributed by atoms with Gasteiger partial charge in [-0.1, -0.05) is 75.3 Å². The highest BCUT2D eigenvalue weighted by molar-refractivity contribution is 7.80. The Kier molecular flexibility index (Phi) is 25.0. The molecular weight excluding hydrogens is 534 g/mol. The Hall–Kier alpha value is -1.69. The first-order chi connectivity index (χ1) is 19.6. The van der Waals surface area contributed by atoms with E-state index in [1.807, 2.05) is 30.3 Å². The maximum atomic E-state index is 12.0. The first kappa shape index (κ1) is 36.3. The van der Waals surface area contributed by atoms with Gasteiger partial charge >= 0.3 is 5.97 Å². The minimum Gasteiger partial charge on any atom is -0.480 e. The Morgan fingerprint density at radius 2 is 1.10 bits per heavy atom. The molecular formula is C30H51NO8S. The van der Waals surface area contributed by atoms with Crippen LogP contribution in [0.1, 0.15) is 63.4 Å². The number of thiol groups is 1. The van der Waals surface area contributed by atoms with Crippen molar-refractivity contribution in [2.45, 2.75) is 70.3 Å². The molecule has 0 aromatic heterocycles. The molecule has 0 aliphatic rings. The van der Waals surface area contributed by atoms with Gasteiger partial charge in [0, 0.05) is 13.0 Å². The van der Waals surface area contributed by atoms with E-state index >= 15 is 0 Å². The maximum absolute atomic E-state index is 12.0. The van der Waals surface area contributed by atoms with Crippen molar-refractivity contribution in [3.05, 3.63) is 35.9 Å². The fraction of sp³-hybridized carbons (Fsp3) is 0.733. The van der Waals surface area contributed by atoms with Crippen LogP contribution in [0.3, 0.4) is 0 Å². The van der Waals surface area contributed by atoms with E-state index in [2.05, 4.69) is 17.9 Å². The van der Waals surface area contributed by atoms with Gasteiger partial charge in [0.2, 0.25) is 5.91 Å². The third-order valence-electron chi connectivity index (χ3n) is 6.08. The lowest BCUT2D eigenvalue weighted by molar-refractivity contribution is -0.142. The van der Waals surface area contributed by atoms with Gasteiger partial charge in [0.1, 0.15) is 12.6 Å². The van der Waals surface area contributed by atoms with Crippen LogP contribution in [-0.2, 0) is 39.7 Å². The van der Waals surface area contributed by atoms with Crippen LogP contribution in [0.15, 0.2) is 30.3 Å². The zero-order valence-electron chi connectivity index (χ0n) is 24.1. The first-order valence-corrected chi connectivity index (χ1v) is 15.3. The highest BCUT2D eigenvalue weighted by atomic mass is 32.1. The van der Waals surface area contributed by atoms with E-state index in [-0.39, 0.29) is 19.6 Å². The van der Waals surface area contributed by atoms with Crippen LogP contribution in [-0.4, -0.2) is 94.8 Å². The molecule has 1 amide bonds. The molecule has 1 aromatic rings. The summed E-state index contributed by atoms with van der Waals surface area (Å²) in [6.45, 7) is 4.13. The van der Waals surface area contributed by atoms with Gasteiger partial charge < -0.3 is 34.1 Å². The predicted octanol–water partition coefficient (Wildman–Crippen LogP) is 4.32. The number of carboxylic acid groups (broad SMARTS) is 1. The standard InChI is InChI=1S/C30H51NO8S/c32-29(31-28(30(33)34)25-27-13-9-8-10-14-27)26-39-23-22-38-21-20-37-19-18-36-17-16-35-15-11-6-4-2-1-3-5-7-12-24-40/h8-10,13-14,28,40H,1-7,11-12,15-26H2,(H,31,32)(H,33,34). The van der Waals surface area contributed by atoms with E-state index in [4.69, 9.17) is 23.7 Å². The number of aliphatic carboxylic acids is 1. The average Bonchev–Trinajstić information content (AvgIpc) is 2.95. The van der Waals surface area contributed by atoms with Crippen molar-refractivity contribution in [3.8, 4) is 0 Å². The van der Waals surface area contributed by atoms with Crippen molar-refractivity contribution in [2.24, 2.45) is 0 Å². The minimum absolute atomic E-state index is 0.210. The highest BCUT2D eigenvalue weighted by Crippen LogP contribution is 2.10. The van der Waals surface area contributed by atoms with Crippen LogP contribution in [0.2, 0.25) is 0 Å². The Bertz CT molecular complexity index is 725. The van der Waals surface area contributed by atoms with Crippen LogP contribution < -0.4 is 5.32 Å². The highest BCUT2D eigenvalue weighted by Gasteiger charge is 2.20. The van der Waals surface area contributed by atoms with Crippen molar-refractivity contribution in [1.82, 2.24) is 5.32 Å². The number of carboxylic acids is 1. The molecule has 0 saturated heterocycles. The molecule has 0 aliphatic heterocycles. The monoisotopic (exact) mass is 585 g/mol. The zero-order chi connectivity index (χ0) is 28.9. The second-order valence-electron chi connectivity index (χ2n) is 9.56. The van der Waals surface area contributed by atoms with Crippen LogP contribution >= 0.6 is 12.6 Å². The van der Waals surface area contributed by atoms with Gasteiger partial charge in [0.05, 0.1) is 52.9 Å². The van der Waals surface area contributed by atoms with Gasteiger partial charge in [0.15, 0.2) is 0 Å². The Morgan fingerprint density at radius 3 is 1.60 bits per heavy atom. The molecule has 230 valence electrons.